The van der Waals surface area contributed by atoms with Gasteiger partial charge in [-0.25, -0.2) is 9.78 Å². The summed E-state index contributed by atoms with van der Waals surface area (Å²) in [4.78, 5) is 27.1. The number of aromatic nitrogens is 3. The lowest BCUT2D eigenvalue weighted by molar-refractivity contribution is -0.160. The maximum absolute atomic E-state index is 12.1. The number of hydrogen-bond acceptors (Lipinski definition) is 5. The molecule has 2 aromatic rings. The van der Waals surface area contributed by atoms with Crippen molar-refractivity contribution in [1.82, 2.24) is 25.4 Å². The molecule has 1 aromatic heterocycles. The lowest BCUT2D eigenvalue weighted by Crippen LogP contribution is -2.35. The first-order valence-electron chi connectivity index (χ1n) is 7.97. The number of halogens is 3. The molecular weight excluding hydrogens is 367 g/mol. The Bertz CT molecular complexity index is 723. The Kier molecular flexibility index (Phi) is 7.15. The van der Waals surface area contributed by atoms with Gasteiger partial charge in [0.2, 0.25) is 5.91 Å². The topological polar surface area (TPSA) is 98.1 Å². The third kappa shape index (κ3) is 7.75. The van der Waals surface area contributed by atoms with Crippen LogP contribution in [0.1, 0.15) is 18.0 Å². The molecule has 0 spiro atoms. The highest BCUT2D eigenvalue weighted by atomic mass is 19.4. The molecule has 0 aliphatic heterocycles. The van der Waals surface area contributed by atoms with Crippen LogP contribution < -0.4 is 10.6 Å². The normalized spacial score (nSPS) is 12.3. The Balaban J connectivity index is 1.82. The van der Waals surface area contributed by atoms with Crippen molar-refractivity contribution < 1.29 is 27.5 Å². The van der Waals surface area contributed by atoms with Gasteiger partial charge < -0.3 is 15.4 Å². The first kappa shape index (κ1) is 20.2. The molecule has 2 N–H and O–H groups in total. The summed E-state index contributed by atoms with van der Waals surface area (Å²) in [5, 5.41) is 8.90. The van der Waals surface area contributed by atoms with Gasteiger partial charge in [-0.3, -0.25) is 9.48 Å². The molecule has 0 aliphatic rings. The third-order valence-corrected chi connectivity index (χ3v) is 3.36. The number of carbonyl (C=O) groups is 2. The summed E-state index contributed by atoms with van der Waals surface area (Å²) in [5.41, 5.74) is 0.846. The molecule has 1 atom stereocenters. The van der Waals surface area contributed by atoms with Gasteiger partial charge in [-0.05, 0) is 5.56 Å². The fourth-order valence-electron chi connectivity index (χ4n) is 2.18. The molecule has 2 rings (SSSR count). The predicted octanol–water partition coefficient (Wildman–Crippen LogP) is 1.81. The summed E-state index contributed by atoms with van der Waals surface area (Å²) in [7, 11) is 0. The first-order valence-corrected chi connectivity index (χ1v) is 7.97. The Labute approximate surface area is 152 Å². The van der Waals surface area contributed by atoms with Crippen LogP contribution >= 0.6 is 0 Å². The maximum Gasteiger partial charge on any atom is 0.422 e. The Morgan fingerprint density at radius 3 is 2.59 bits per heavy atom. The fourth-order valence-corrected chi connectivity index (χ4v) is 2.18. The van der Waals surface area contributed by atoms with Crippen LogP contribution in [0.5, 0.6) is 0 Å². The van der Waals surface area contributed by atoms with E-state index in [9.17, 15) is 22.8 Å². The van der Waals surface area contributed by atoms with Crippen LogP contribution in [0, 0.1) is 0 Å². The molecule has 0 saturated carbocycles. The number of ether oxygens (including phenoxy) is 1. The van der Waals surface area contributed by atoms with E-state index in [2.05, 4.69) is 25.5 Å². The molecule has 0 aliphatic carbocycles. The second-order valence-electron chi connectivity index (χ2n) is 5.52. The molecule has 0 radical (unpaired) electrons. The molecule has 146 valence electrons. The van der Waals surface area contributed by atoms with E-state index in [4.69, 9.17) is 0 Å². The highest BCUT2D eigenvalue weighted by Gasteiger charge is 2.29. The quantitative estimate of drug-likeness (QED) is 0.722. The van der Waals surface area contributed by atoms with Crippen molar-refractivity contribution in [3.8, 4) is 0 Å². The van der Waals surface area contributed by atoms with E-state index in [0.717, 1.165) is 5.56 Å². The van der Waals surface area contributed by atoms with Gasteiger partial charge in [0.1, 0.15) is 12.7 Å². The molecule has 0 saturated heterocycles. The molecule has 27 heavy (non-hydrogen) atoms. The average molecular weight is 385 g/mol. The van der Waals surface area contributed by atoms with Crippen LogP contribution in [0.3, 0.4) is 0 Å². The number of nitrogens with one attached hydrogen (secondary N) is 2. The monoisotopic (exact) mass is 385 g/mol. The second kappa shape index (κ2) is 9.55. The van der Waals surface area contributed by atoms with Gasteiger partial charge in [-0.15, -0.1) is 0 Å². The van der Waals surface area contributed by atoms with Crippen LogP contribution in [-0.2, 0) is 16.1 Å². The molecule has 1 heterocycles. The number of alkyl halides is 3. The van der Waals surface area contributed by atoms with Crippen molar-refractivity contribution in [2.24, 2.45) is 0 Å². The van der Waals surface area contributed by atoms with Crippen molar-refractivity contribution in [3.05, 3.63) is 48.5 Å². The van der Waals surface area contributed by atoms with E-state index in [1.807, 2.05) is 30.3 Å². The summed E-state index contributed by atoms with van der Waals surface area (Å²) in [5.74, 6) is -0.389. The summed E-state index contributed by atoms with van der Waals surface area (Å²) in [6.07, 6.45) is -3.07. The minimum Gasteiger partial charge on any atom is -0.440 e. The molecule has 2 amide bonds. The maximum atomic E-state index is 12.1. The zero-order valence-electron chi connectivity index (χ0n) is 14.1. The Morgan fingerprint density at radius 2 is 1.96 bits per heavy atom. The van der Waals surface area contributed by atoms with E-state index in [1.54, 1.807) is 4.68 Å². The summed E-state index contributed by atoms with van der Waals surface area (Å²) in [6.45, 7) is -1.50. The Morgan fingerprint density at radius 1 is 1.22 bits per heavy atom. The number of alkyl carbamates (subject to hydrolysis) is 1. The molecule has 0 fully saturated rings. The van der Waals surface area contributed by atoms with Gasteiger partial charge in [-0.2, -0.15) is 18.3 Å². The summed E-state index contributed by atoms with van der Waals surface area (Å²) >= 11 is 0. The molecule has 1 aromatic carbocycles. The first-order chi connectivity index (χ1) is 12.8. The smallest absolute Gasteiger partial charge is 0.422 e. The zero-order valence-corrected chi connectivity index (χ0v) is 14.1. The SMILES string of the molecule is O=C(CCNC(=O)OCC(F)(F)F)NC(Cn1cncn1)c1ccccc1. The van der Waals surface area contributed by atoms with Gasteiger partial charge in [0, 0.05) is 13.0 Å². The van der Waals surface area contributed by atoms with E-state index < -0.39 is 24.9 Å². The molecule has 8 nitrogen and oxygen atoms in total. The summed E-state index contributed by atoms with van der Waals surface area (Å²) in [6, 6.07) is 8.79. The van der Waals surface area contributed by atoms with Crippen LogP contribution in [0.25, 0.3) is 0 Å². The third-order valence-electron chi connectivity index (χ3n) is 3.36. The van der Waals surface area contributed by atoms with Gasteiger partial charge in [-0.1, -0.05) is 30.3 Å². The minimum absolute atomic E-state index is 0.123. The van der Waals surface area contributed by atoms with E-state index >= 15 is 0 Å². The largest absolute Gasteiger partial charge is 0.440 e. The standard InChI is InChI=1S/C16H18F3N5O3/c17-16(18,19)9-27-15(26)21-7-6-14(25)23-13(8-24-11-20-10-22-24)12-4-2-1-3-5-12/h1-5,10-11,13H,6-9H2,(H,21,26)(H,23,25). The van der Waals surface area contributed by atoms with Crippen molar-refractivity contribution in [2.45, 2.75) is 25.2 Å². The van der Waals surface area contributed by atoms with E-state index in [-0.39, 0.29) is 18.9 Å². The molecule has 1 unspecified atom stereocenters. The predicted molar refractivity (Wildman–Crippen MR) is 87.4 cm³/mol. The summed E-state index contributed by atoms with van der Waals surface area (Å²) < 4.78 is 41.4. The number of rotatable bonds is 8. The number of amides is 2. The van der Waals surface area contributed by atoms with Crippen LogP contribution in [0.15, 0.2) is 43.0 Å². The average Bonchev–Trinajstić information content (AvgIpc) is 3.13. The van der Waals surface area contributed by atoms with Crippen LogP contribution in [0.2, 0.25) is 0 Å². The number of hydrogen-bond donors (Lipinski definition) is 2. The number of carbonyl (C=O) groups excluding carboxylic acids is 2. The van der Waals surface area contributed by atoms with E-state index in [0.29, 0.717) is 6.54 Å². The highest BCUT2D eigenvalue weighted by Crippen LogP contribution is 2.15. The van der Waals surface area contributed by atoms with Gasteiger partial charge >= 0.3 is 12.3 Å². The molecule has 0 bridgehead atoms. The zero-order chi connectivity index (χ0) is 19.7. The van der Waals surface area contributed by atoms with Crippen LogP contribution in [-0.4, -0.2) is 46.1 Å². The number of nitrogens with zero attached hydrogens (tertiary/aromatic N) is 3. The van der Waals surface area contributed by atoms with Gasteiger partial charge in [0.05, 0.1) is 12.6 Å². The fraction of sp³-hybridized carbons (Fsp3) is 0.375. The van der Waals surface area contributed by atoms with Crippen molar-refractivity contribution in [2.75, 3.05) is 13.2 Å². The number of benzene rings is 1. The minimum atomic E-state index is -4.60. The van der Waals surface area contributed by atoms with Gasteiger partial charge in [0.15, 0.2) is 6.61 Å². The molecular formula is C16H18F3N5O3. The van der Waals surface area contributed by atoms with E-state index in [1.165, 1.54) is 12.7 Å². The van der Waals surface area contributed by atoms with Crippen LogP contribution in [0.4, 0.5) is 18.0 Å². The second-order valence-corrected chi connectivity index (χ2v) is 5.52. The molecule has 11 heteroatoms. The van der Waals surface area contributed by atoms with Crippen molar-refractivity contribution in [1.29, 1.82) is 0 Å². The van der Waals surface area contributed by atoms with Crippen molar-refractivity contribution in [3.63, 3.8) is 0 Å². The lowest BCUT2D eigenvalue weighted by atomic mass is 10.1. The Hall–Kier alpha value is -3.11. The van der Waals surface area contributed by atoms with Gasteiger partial charge in [0.25, 0.3) is 0 Å². The highest BCUT2D eigenvalue weighted by molar-refractivity contribution is 5.77. The lowest BCUT2D eigenvalue weighted by Gasteiger charge is -2.19. The van der Waals surface area contributed by atoms with Crippen molar-refractivity contribution >= 4 is 12.0 Å².